The molecule has 1 aromatic carbocycles. The number of hydrogen-bond acceptors (Lipinski definition) is 1. The van der Waals surface area contributed by atoms with Crippen molar-refractivity contribution >= 4 is 5.91 Å². The van der Waals surface area contributed by atoms with Crippen molar-refractivity contribution in [2.45, 2.75) is 25.8 Å². The van der Waals surface area contributed by atoms with Gasteiger partial charge < -0.3 is 5.32 Å². The highest BCUT2D eigenvalue weighted by molar-refractivity contribution is 5.73. The quantitative estimate of drug-likeness (QED) is 0.750. The monoisotopic (exact) mass is 211 g/mol. The van der Waals surface area contributed by atoms with Gasteiger partial charge in [-0.1, -0.05) is 0 Å². The minimum atomic E-state index is -0.822. The summed E-state index contributed by atoms with van der Waals surface area (Å²) < 4.78 is 25.8. The largest absolute Gasteiger partial charge is 0.353 e. The topological polar surface area (TPSA) is 29.1 Å². The molecular formula is C11H11F2NO. The Morgan fingerprint density at radius 3 is 2.13 bits per heavy atom. The van der Waals surface area contributed by atoms with Crippen LogP contribution in [0.1, 0.15) is 18.1 Å². The highest BCUT2D eigenvalue weighted by Gasteiger charge is 2.23. The summed E-state index contributed by atoms with van der Waals surface area (Å²) in [7, 11) is 0. The predicted octanol–water partition coefficient (Wildman–Crippen LogP) is 1.57. The van der Waals surface area contributed by atoms with Gasteiger partial charge in [0.05, 0.1) is 0 Å². The Morgan fingerprint density at radius 2 is 1.73 bits per heavy atom. The average Bonchev–Trinajstić information content (AvgIpc) is 2.46. The molecule has 0 saturated heterocycles. The van der Waals surface area contributed by atoms with E-state index in [1.54, 1.807) is 0 Å². The molecule has 2 rings (SSSR count). The lowest BCUT2D eigenvalue weighted by Crippen LogP contribution is -2.33. The summed E-state index contributed by atoms with van der Waals surface area (Å²) in [5, 5.41) is 2.74. The first kappa shape index (κ1) is 10.1. The summed E-state index contributed by atoms with van der Waals surface area (Å²) in [6, 6.07) is 2.40. The summed E-state index contributed by atoms with van der Waals surface area (Å²) in [5.41, 5.74) is 1.57. The Morgan fingerprint density at radius 1 is 1.27 bits per heavy atom. The first-order valence-corrected chi connectivity index (χ1v) is 4.80. The number of carbonyl (C=O) groups excluding carboxylic acids is 1. The smallest absolute Gasteiger partial charge is 0.217 e. The fourth-order valence-electron chi connectivity index (χ4n) is 2.00. The molecule has 80 valence electrons. The second-order valence-corrected chi connectivity index (χ2v) is 3.84. The highest BCUT2D eigenvalue weighted by Crippen LogP contribution is 2.24. The number of halogens is 2. The number of carbonyl (C=O) groups is 1. The molecule has 0 aromatic heterocycles. The van der Waals surface area contributed by atoms with Gasteiger partial charge in [-0.25, -0.2) is 8.78 Å². The van der Waals surface area contributed by atoms with Crippen LogP contribution in [0.15, 0.2) is 12.1 Å². The van der Waals surface area contributed by atoms with E-state index >= 15 is 0 Å². The van der Waals surface area contributed by atoms with Crippen LogP contribution >= 0.6 is 0 Å². The number of benzene rings is 1. The van der Waals surface area contributed by atoms with Gasteiger partial charge in [-0.3, -0.25) is 4.79 Å². The minimum absolute atomic E-state index is 0.0290. The Labute approximate surface area is 86.3 Å². The first-order valence-electron chi connectivity index (χ1n) is 4.80. The van der Waals surface area contributed by atoms with Gasteiger partial charge in [-0.05, 0) is 36.1 Å². The van der Waals surface area contributed by atoms with E-state index in [0.29, 0.717) is 12.8 Å². The first-order chi connectivity index (χ1) is 7.06. The molecule has 0 bridgehead atoms. The summed E-state index contributed by atoms with van der Waals surface area (Å²) in [5.74, 6) is -1.76. The summed E-state index contributed by atoms with van der Waals surface area (Å²) in [6.07, 6.45) is 1.15. The van der Waals surface area contributed by atoms with Gasteiger partial charge >= 0.3 is 0 Å². The van der Waals surface area contributed by atoms with Crippen molar-refractivity contribution < 1.29 is 13.6 Å². The molecule has 1 aliphatic rings. The van der Waals surface area contributed by atoms with Crippen LogP contribution in [0.4, 0.5) is 8.78 Å². The Bertz CT molecular complexity index is 386. The maximum atomic E-state index is 12.9. The third-order valence-corrected chi connectivity index (χ3v) is 2.58. The number of rotatable bonds is 1. The summed E-state index contributed by atoms with van der Waals surface area (Å²) >= 11 is 0. The molecule has 4 heteroatoms. The SMILES string of the molecule is CC(=O)NC1Cc2cc(F)c(F)cc2C1. The number of nitrogens with one attached hydrogen (secondary N) is 1. The third-order valence-electron chi connectivity index (χ3n) is 2.58. The molecule has 0 unspecified atom stereocenters. The van der Waals surface area contributed by atoms with Crippen molar-refractivity contribution in [3.63, 3.8) is 0 Å². The van der Waals surface area contributed by atoms with Crippen LogP contribution in [-0.4, -0.2) is 11.9 Å². The van der Waals surface area contributed by atoms with Crippen molar-refractivity contribution in [3.05, 3.63) is 34.9 Å². The molecule has 0 radical (unpaired) electrons. The van der Waals surface area contributed by atoms with Crippen molar-refractivity contribution in [3.8, 4) is 0 Å². The van der Waals surface area contributed by atoms with Gasteiger partial charge in [0.15, 0.2) is 11.6 Å². The van der Waals surface area contributed by atoms with E-state index in [1.807, 2.05) is 0 Å². The Balaban J connectivity index is 2.20. The normalized spacial score (nSPS) is 15.1. The molecule has 1 amide bonds. The van der Waals surface area contributed by atoms with Crippen LogP contribution in [0.3, 0.4) is 0 Å². The zero-order valence-corrected chi connectivity index (χ0v) is 8.31. The maximum absolute atomic E-state index is 12.9. The van der Waals surface area contributed by atoms with Crippen molar-refractivity contribution in [1.29, 1.82) is 0 Å². The van der Waals surface area contributed by atoms with Gasteiger partial charge in [0, 0.05) is 13.0 Å². The standard InChI is InChI=1S/C11H11F2NO/c1-6(15)14-9-2-7-4-10(12)11(13)5-8(7)3-9/h4-5,9H,2-3H2,1H3,(H,14,15). The number of fused-ring (bicyclic) bond motifs is 1. The van der Waals surface area contributed by atoms with E-state index in [2.05, 4.69) is 5.32 Å². The highest BCUT2D eigenvalue weighted by atomic mass is 19.2. The van der Waals surface area contributed by atoms with Gasteiger partial charge in [0.2, 0.25) is 5.91 Å². The lowest BCUT2D eigenvalue weighted by atomic mass is 10.1. The molecule has 1 aromatic rings. The lowest BCUT2D eigenvalue weighted by Gasteiger charge is -2.08. The molecule has 0 atom stereocenters. The van der Waals surface area contributed by atoms with Gasteiger partial charge in [-0.2, -0.15) is 0 Å². The minimum Gasteiger partial charge on any atom is -0.353 e. The van der Waals surface area contributed by atoms with Crippen LogP contribution in [0, 0.1) is 11.6 Å². The molecule has 0 aliphatic heterocycles. The lowest BCUT2D eigenvalue weighted by molar-refractivity contribution is -0.119. The van der Waals surface area contributed by atoms with Crippen LogP contribution < -0.4 is 5.32 Å². The molecular weight excluding hydrogens is 200 g/mol. The second-order valence-electron chi connectivity index (χ2n) is 3.84. The molecule has 2 nitrogen and oxygen atoms in total. The molecule has 1 aliphatic carbocycles. The van der Waals surface area contributed by atoms with Gasteiger partial charge in [-0.15, -0.1) is 0 Å². The van der Waals surface area contributed by atoms with Crippen LogP contribution in [0.2, 0.25) is 0 Å². The molecule has 1 N–H and O–H groups in total. The maximum Gasteiger partial charge on any atom is 0.217 e. The average molecular weight is 211 g/mol. The fourth-order valence-corrected chi connectivity index (χ4v) is 2.00. The van der Waals surface area contributed by atoms with Crippen LogP contribution in [-0.2, 0) is 17.6 Å². The predicted molar refractivity (Wildman–Crippen MR) is 51.4 cm³/mol. The summed E-state index contributed by atoms with van der Waals surface area (Å²) in [6.45, 7) is 1.43. The third kappa shape index (κ3) is 1.98. The van der Waals surface area contributed by atoms with Crippen molar-refractivity contribution in [2.24, 2.45) is 0 Å². The zero-order valence-electron chi connectivity index (χ0n) is 8.31. The van der Waals surface area contributed by atoms with E-state index in [-0.39, 0.29) is 11.9 Å². The zero-order chi connectivity index (χ0) is 11.0. The Hall–Kier alpha value is -1.45. The fraction of sp³-hybridized carbons (Fsp3) is 0.364. The van der Waals surface area contributed by atoms with Gasteiger partial charge in [0.1, 0.15) is 0 Å². The second kappa shape index (κ2) is 3.61. The van der Waals surface area contributed by atoms with E-state index < -0.39 is 11.6 Å². The molecule has 0 saturated carbocycles. The van der Waals surface area contributed by atoms with E-state index in [1.165, 1.54) is 19.1 Å². The molecule has 15 heavy (non-hydrogen) atoms. The van der Waals surface area contributed by atoms with Crippen LogP contribution in [0.5, 0.6) is 0 Å². The van der Waals surface area contributed by atoms with Gasteiger partial charge in [0.25, 0.3) is 0 Å². The number of amides is 1. The Kier molecular flexibility index (Phi) is 2.42. The van der Waals surface area contributed by atoms with E-state index in [9.17, 15) is 13.6 Å². The van der Waals surface area contributed by atoms with Crippen molar-refractivity contribution in [1.82, 2.24) is 5.32 Å². The number of hydrogen-bond donors (Lipinski definition) is 1. The molecule has 0 heterocycles. The van der Waals surface area contributed by atoms with Crippen LogP contribution in [0.25, 0.3) is 0 Å². The van der Waals surface area contributed by atoms with Crippen molar-refractivity contribution in [2.75, 3.05) is 0 Å². The molecule has 0 spiro atoms. The summed E-state index contributed by atoms with van der Waals surface area (Å²) in [4.78, 5) is 10.8. The van der Waals surface area contributed by atoms with E-state index in [4.69, 9.17) is 0 Å². The molecule has 0 fully saturated rings. The van der Waals surface area contributed by atoms with E-state index in [0.717, 1.165) is 11.1 Å².